The highest BCUT2D eigenvalue weighted by molar-refractivity contribution is 4.65. The second-order valence-electron chi connectivity index (χ2n) is 9.00. The van der Waals surface area contributed by atoms with Crippen molar-refractivity contribution in [2.75, 3.05) is 46.2 Å². The van der Waals surface area contributed by atoms with Crippen LogP contribution in [0.3, 0.4) is 0 Å². The van der Waals surface area contributed by atoms with Crippen LogP contribution in [-0.4, -0.2) is 51.4 Å². The molecular formula is C28H56O4. The molecule has 4 heteroatoms. The molecule has 4 nitrogen and oxygen atoms in total. The van der Waals surface area contributed by atoms with E-state index < -0.39 is 0 Å². The van der Waals surface area contributed by atoms with E-state index in [9.17, 15) is 0 Å². The summed E-state index contributed by atoms with van der Waals surface area (Å²) in [4.78, 5) is 0. The van der Waals surface area contributed by atoms with E-state index in [1.54, 1.807) is 0 Å². The molecule has 0 radical (unpaired) electrons. The lowest BCUT2D eigenvalue weighted by atomic mass is 10.0. The van der Waals surface area contributed by atoms with Crippen LogP contribution in [0.2, 0.25) is 0 Å². The summed E-state index contributed by atoms with van der Waals surface area (Å²) in [5.41, 5.74) is 0. The number of unbranched alkanes of at least 4 members (excludes halogenated alkanes) is 18. The number of allylic oxidation sites excluding steroid dienone is 1. The maximum atomic E-state index is 8.58. The highest BCUT2D eigenvalue weighted by atomic mass is 16.5. The van der Waals surface area contributed by atoms with Crippen LogP contribution in [0.5, 0.6) is 0 Å². The summed E-state index contributed by atoms with van der Waals surface area (Å²) in [6.45, 7) is 7.48. The van der Waals surface area contributed by atoms with Crippen LogP contribution >= 0.6 is 0 Å². The van der Waals surface area contributed by atoms with Gasteiger partial charge in [-0.1, -0.05) is 109 Å². The topological polar surface area (TPSA) is 47.9 Å². The van der Waals surface area contributed by atoms with Gasteiger partial charge < -0.3 is 19.3 Å². The van der Waals surface area contributed by atoms with Gasteiger partial charge >= 0.3 is 0 Å². The second kappa shape index (κ2) is 30.6. The second-order valence-corrected chi connectivity index (χ2v) is 9.00. The molecule has 0 spiro atoms. The first-order valence-corrected chi connectivity index (χ1v) is 13.9. The molecule has 0 atom stereocenters. The van der Waals surface area contributed by atoms with Gasteiger partial charge in [-0.3, -0.25) is 0 Å². The Balaban J connectivity index is 2.99. The van der Waals surface area contributed by atoms with Gasteiger partial charge in [0.1, 0.15) is 0 Å². The largest absolute Gasteiger partial charge is 0.394 e. The Kier molecular flexibility index (Phi) is 30.2. The Hall–Kier alpha value is -0.420. The molecule has 192 valence electrons. The van der Waals surface area contributed by atoms with Crippen molar-refractivity contribution in [3.63, 3.8) is 0 Å². The third-order valence-corrected chi connectivity index (χ3v) is 5.93. The van der Waals surface area contributed by atoms with E-state index in [0.717, 1.165) is 13.0 Å². The van der Waals surface area contributed by atoms with Crippen molar-refractivity contribution in [1.82, 2.24) is 0 Å². The van der Waals surface area contributed by atoms with Crippen molar-refractivity contribution in [2.24, 2.45) is 0 Å². The van der Waals surface area contributed by atoms with Gasteiger partial charge in [0.25, 0.3) is 0 Å². The van der Waals surface area contributed by atoms with E-state index in [-0.39, 0.29) is 6.61 Å². The van der Waals surface area contributed by atoms with Gasteiger partial charge in [0.15, 0.2) is 0 Å². The number of hydrogen-bond donors (Lipinski definition) is 1. The Bertz CT molecular complexity index is 335. The van der Waals surface area contributed by atoms with Gasteiger partial charge in [-0.15, -0.1) is 6.58 Å². The van der Waals surface area contributed by atoms with Crippen LogP contribution in [0.1, 0.15) is 122 Å². The van der Waals surface area contributed by atoms with Gasteiger partial charge in [-0.05, 0) is 19.3 Å². The fourth-order valence-electron chi connectivity index (χ4n) is 3.93. The molecular weight excluding hydrogens is 400 g/mol. The molecule has 32 heavy (non-hydrogen) atoms. The smallest absolute Gasteiger partial charge is 0.0701 e. The fourth-order valence-corrected chi connectivity index (χ4v) is 3.93. The lowest BCUT2D eigenvalue weighted by Gasteiger charge is -2.06. The van der Waals surface area contributed by atoms with Gasteiger partial charge in [0.05, 0.1) is 39.6 Å². The molecule has 0 unspecified atom stereocenters. The SMILES string of the molecule is C=CCCCCCCCCCCCCCCCCCCCCOCCOCCOCCO. The third-order valence-electron chi connectivity index (χ3n) is 5.93. The molecule has 0 amide bonds. The first-order valence-electron chi connectivity index (χ1n) is 13.9. The number of hydrogen-bond acceptors (Lipinski definition) is 4. The van der Waals surface area contributed by atoms with E-state index in [1.165, 1.54) is 116 Å². The van der Waals surface area contributed by atoms with Crippen LogP contribution in [0.25, 0.3) is 0 Å². The average Bonchev–Trinajstić information content (AvgIpc) is 2.81. The lowest BCUT2D eigenvalue weighted by Crippen LogP contribution is -2.11. The number of rotatable bonds is 29. The first-order chi connectivity index (χ1) is 15.9. The van der Waals surface area contributed by atoms with Crippen molar-refractivity contribution in [3.05, 3.63) is 12.7 Å². The molecule has 0 heterocycles. The van der Waals surface area contributed by atoms with E-state index in [4.69, 9.17) is 19.3 Å². The molecule has 0 aromatic rings. The Labute approximate surface area is 200 Å². The zero-order valence-electron chi connectivity index (χ0n) is 21.3. The van der Waals surface area contributed by atoms with Crippen LogP contribution in [0.15, 0.2) is 12.7 Å². The molecule has 0 aliphatic carbocycles. The summed E-state index contributed by atoms with van der Waals surface area (Å²) < 4.78 is 16.1. The minimum atomic E-state index is 0.0704. The average molecular weight is 457 g/mol. The van der Waals surface area contributed by atoms with Gasteiger partial charge in [-0.25, -0.2) is 0 Å². The summed E-state index contributed by atoms with van der Waals surface area (Å²) in [5.74, 6) is 0. The van der Waals surface area contributed by atoms with Crippen LogP contribution in [0, 0.1) is 0 Å². The minimum Gasteiger partial charge on any atom is -0.394 e. The molecule has 0 saturated carbocycles. The van der Waals surface area contributed by atoms with Crippen LogP contribution in [0.4, 0.5) is 0 Å². The number of ether oxygens (including phenoxy) is 3. The standard InChI is InChI=1S/C28H56O4/c1-2-3-4-5-6-7-8-9-10-11-12-13-14-15-16-17-18-19-20-21-23-30-25-27-32-28-26-31-24-22-29/h2,29H,1,3-28H2. The molecule has 0 fully saturated rings. The zero-order chi connectivity index (χ0) is 23.2. The van der Waals surface area contributed by atoms with Gasteiger partial charge in [-0.2, -0.15) is 0 Å². The molecule has 0 bridgehead atoms. The fraction of sp³-hybridized carbons (Fsp3) is 0.929. The summed E-state index contributed by atoms with van der Waals surface area (Å²) in [5, 5.41) is 8.58. The molecule has 0 saturated heterocycles. The molecule has 1 N–H and O–H groups in total. The highest BCUT2D eigenvalue weighted by Crippen LogP contribution is 2.14. The summed E-state index contributed by atoms with van der Waals surface area (Å²) >= 11 is 0. The number of aliphatic hydroxyl groups excluding tert-OH is 1. The monoisotopic (exact) mass is 456 g/mol. The van der Waals surface area contributed by atoms with Crippen molar-refractivity contribution >= 4 is 0 Å². The molecule has 0 aliphatic rings. The van der Waals surface area contributed by atoms with Crippen molar-refractivity contribution in [2.45, 2.75) is 122 Å². The Morgan fingerprint density at radius 1 is 0.406 bits per heavy atom. The third kappa shape index (κ3) is 29.6. The summed E-state index contributed by atoms with van der Waals surface area (Å²) in [7, 11) is 0. The maximum absolute atomic E-state index is 8.58. The molecule has 0 aromatic carbocycles. The minimum absolute atomic E-state index is 0.0704. The predicted molar refractivity (Wildman–Crippen MR) is 137 cm³/mol. The Morgan fingerprint density at radius 3 is 1.09 bits per heavy atom. The van der Waals surface area contributed by atoms with E-state index >= 15 is 0 Å². The Morgan fingerprint density at radius 2 is 0.719 bits per heavy atom. The van der Waals surface area contributed by atoms with Crippen molar-refractivity contribution in [1.29, 1.82) is 0 Å². The van der Waals surface area contributed by atoms with Crippen LogP contribution in [-0.2, 0) is 14.2 Å². The quantitative estimate of drug-likeness (QED) is 0.0928. The summed E-state index contributed by atoms with van der Waals surface area (Å²) in [6.07, 6.45) is 28.3. The number of aliphatic hydroxyl groups is 1. The van der Waals surface area contributed by atoms with E-state index in [1.807, 2.05) is 6.08 Å². The van der Waals surface area contributed by atoms with Crippen LogP contribution < -0.4 is 0 Å². The normalized spacial score (nSPS) is 11.3. The van der Waals surface area contributed by atoms with E-state index in [0.29, 0.717) is 33.0 Å². The zero-order valence-corrected chi connectivity index (χ0v) is 21.3. The molecule has 0 aromatic heterocycles. The van der Waals surface area contributed by atoms with Gasteiger partial charge in [0, 0.05) is 6.61 Å². The van der Waals surface area contributed by atoms with Gasteiger partial charge in [0.2, 0.25) is 0 Å². The highest BCUT2D eigenvalue weighted by Gasteiger charge is 1.96. The van der Waals surface area contributed by atoms with Crippen molar-refractivity contribution < 1.29 is 19.3 Å². The molecule has 0 aliphatic heterocycles. The van der Waals surface area contributed by atoms with E-state index in [2.05, 4.69) is 6.58 Å². The summed E-state index contributed by atoms with van der Waals surface area (Å²) in [6, 6.07) is 0. The predicted octanol–water partition coefficient (Wildman–Crippen LogP) is 7.63. The lowest BCUT2D eigenvalue weighted by molar-refractivity contribution is 0.00719. The maximum Gasteiger partial charge on any atom is 0.0701 e. The molecule has 0 rings (SSSR count). The first kappa shape index (κ1) is 31.6. The van der Waals surface area contributed by atoms with Crippen molar-refractivity contribution in [3.8, 4) is 0 Å².